The second-order valence-corrected chi connectivity index (χ2v) is 35.4. The zero-order valence-electron chi connectivity index (χ0n) is 42.8. The number of benzene rings is 6. The van der Waals surface area contributed by atoms with Crippen LogP contribution in [0.15, 0.2) is 146 Å². The molecule has 0 atom stereocenters. The van der Waals surface area contributed by atoms with E-state index in [1.165, 1.54) is 29.6 Å². The van der Waals surface area contributed by atoms with E-state index in [0.29, 0.717) is 0 Å². The predicted molar refractivity (Wildman–Crippen MR) is 354 cm³/mol. The van der Waals surface area contributed by atoms with Crippen LogP contribution in [0.3, 0.4) is 0 Å². The van der Waals surface area contributed by atoms with Crippen LogP contribution in [0.4, 0.5) is 68.2 Å². The van der Waals surface area contributed by atoms with Crippen molar-refractivity contribution in [2.45, 2.75) is 75.7 Å². The van der Waals surface area contributed by atoms with Crippen LogP contribution in [0.2, 0.25) is 0 Å². The molecule has 6 aromatic carbocycles. The van der Waals surface area contributed by atoms with Gasteiger partial charge in [0.05, 0.1) is 0 Å². The predicted octanol–water partition coefficient (Wildman–Crippen LogP) is 18.4. The van der Waals surface area contributed by atoms with Gasteiger partial charge in [-0.2, -0.15) is 10.3 Å². The number of hydrogen-bond acceptors (Lipinski definition) is 14. The average molecular weight is 1910 g/mol. The van der Waals surface area contributed by atoms with Gasteiger partial charge in [-0.05, 0) is 72.8 Å². The molecule has 6 aliphatic rings. The molecule has 79 heavy (non-hydrogen) atoms. The number of nitrogens with one attached hydrogen (secondary N) is 6. The average Bonchev–Trinajstić information content (AvgIpc) is 4.31. The second kappa shape index (κ2) is 46.0. The first-order valence-electron chi connectivity index (χ1n) is 23.3. The molecular formula is C55H70Br4N14OPt3S2. The molecule has 0 radical (unpaired) electrons. The van der Waals surface area contributed by atoms with Gasteiger partial charge in [-0.15, -0.1) is 40.0 Å². The molecule has 8 N–H and O–H groups in total. The van der Waals surface area contributed by atoms with Crippen molar-refractivity contribution in [3.05, 3.63) is 196 Å². The zero-order valence-corrected chi connectivity index (χ0v) is 57.6. The Bertz CT molecular complexity index is 2210. The third-order valence-corrected chi connectivity index (χ3v) is 9.66. The van der Waals surface area contributed by atoms with Crippen LogP contribution in [0, 0.1) is 40.0 Å². The molecule has 0 spiro atoms. The summed E-state index contributed by atoms with van der Waals surface area (Å²) in [6.45, 7) is 24.5. The normalized spacial score (nSPS) is 12.4. The summed E-state index contributed by atoms with van der Waals surface area (Å²) in [4.78, 5) is 0. The molecule has 6 heterocycles. The Hall–Kier alpha value is -3.54. The summed E-state index contributed by atoms with van der Waals surface area (Å²) in [6, 6.07) is 49.5. The summed E-state index contributed by atoms with van der Waals surface area (Å²) in [5.74, 6) is 0. The summed E-state index contributed by atoms with van der Waals surface area (Å²) < 4.78 is 0. The summed E-state index contributed by atoms with van der Waals surface area (Å²) in [5.41, 5.74) is 13.6. The van der Waals surface area contributed by atoms with Gasteiger partial charge in [0.15, 0.2) is 0 Å². The van der Waals surface area contributed by atoms with Crippen LogP contribution in [0.5, 0.6) is 0 Å². The molecule has 436 valence electrons. The molecule has 0 saturated carbocycles. The van der Waals surface area contributed by atoms with E-state index in [-0.39, 0.29) is 70.3 Å². The van der Waals surface area contributed by atoms with Crippen molar-refractivity contribution in [3.63, 3.8) is 0 Å². The fraction of sp³-hybridized carbons (Fsp3) is 0.200. The van der Waals surface area contributed by atoms with Crippen molar-refractivity contribution in [2.75, 3.05) is 62.0 Å². The molecule has 0 bridgehead atoms. The Morgan fingerprint density at radius 3 is 0.582 bits per heavy atom. The number of nitrogens with zero attached hydrogens (tertiary/aromatic N) is 8. The molecule has 24 heteroatoms. The molecule has 0 fully saturated rings. The van der Waals surface area contributed by atoms with E-state index in [2.05, 4.69) is 254 Å². The van der Waals surface area contributed by atoms with Gasteiger partial charge in [-0.25, -0.2) is 0 Å². The first kappa shape index (κ1) is 77.5. The van der Waals surface area contributed by atoms with Crippen LogP contribution < -0.4 is 62.0 Å². The summed E-state index contributed by atoms with van der Waals surface area (Å²) in [7, 11) is 0. The van der Waals surface area contributed by atoms with E-state index in [4.69, 9.17) is 10.8 Å². The molecule has 0 aliphatic carbocycles. The van der Waals surface area contributed by atoms with Crippen LogP contribution in [0.25, 0.3) is 10.8 Å². The Morgan fingerprint density at radius 2 is 0.468 bits per heavy atom. The van der Waals surface area contributed by atoms with E-state index in [9.17, 15) is 0 Å². The van der Waals surface area contributed by atoms with E-state index in [1.54, 1.807) is 0 Å². The van der Waals surface area contributed by atoms with Gasteiger partial charge in [-0.1, -0.05) is 173 Å². The smallest absolute Gasteiger partial charge is 0.753 e. The van der Waals surface area contributed by atoms with Crippen LogP contribution in [-0.2, 0) is 50.0 Å². The number of fused-ring (bicyclic) bond motifs is 6. The quantitative estimate of drug-likeness (QED) is 0.0563. The van der Waals surface area contributed by atoms with E-state index in [0.717, 1.165) is 68.2 Å². The molecule has 15 nitrogen and oxygen atoms in total. The SMILES string of the molecule is C.C.CCC.CCC.CCC.O.[Br][Pt+2][Br].[Br][Pt+2][Br].[N-]=C=S.[N-]=C=S.[Pt+4].c1ccc2c(c1)N[CH-]N2N1[CH-]Nc2ccccc21.c1ccc2c(c1)N[CH-]N2N1[CH-]Nc2ccccc21.c1ccc2c(c1)N[CH-]N2N1[CH-]Nc2ccccc21. The maximum atomic E-state index is 7.13. The summed E-state index contributed by atoms with van der Waals surface area (Å²) in [6.07, 6.45) is 3.75. The molecule has 12 rings (SSSR count). The van der Waals surface area contributed by atoms with Crippen molar-refractivity contribution in [2.24, 2.45) is 0 Å². The Kier molecular flexibility index (Phi) is 45.2. The van der Waals surface area contributed by atoms with Gasteiger partial charge in [0, 0.05) is 68.2 Å². The van der Waals surface area contributed by atoms with Crippen LogP contribution in [-0.4, -0.2) is 15.8 Å². The molecule has 0 amide bonds. The minimum Gasteiger partial charge on any atom is -0.753 e. The number of halogens is 4. The Morgan fingerprint density at radius 1 is 0.367 bits per heavy atom. The number of hydrogen-bond donors (Lipinski definition) is 6. The number of thiocarbonyl (C=S) groups is 2. The van der Waals surface area contributed by atoms with Gasteiger partial charge in [0.25, 0.3) is 0 Å². The minimum atomic E-state index is 0. The molecular weight excluding hydrogens is 1840 g/mol. The summed E-state index contributed by atoms with van der Waals surface area (Å²) >= 11 is 20.5. The Balaban J connectivity index is 0. The fourth-order valence-corrected chi connectivity index (χ4v) is 7.04. The van der Waals surface area contributed by atoms with Crippen molar-refractivity contribution >= 4 is 156 Å². The second-order valence-electron chi connectivity index (χ2n) is 15.2. The summed E-state index contributed by atoms with van der Waals surface area (Å²) in [5, 5.41) is 49.1. The largest absolute Gasteiger partial charge is 4.00 e. The fourth-order valence-electron chi connectivity index (χ4n) is 7.04. The molecule has 6 aliphatic heterocycles. The van der Waals surface area contributed by atoms with Crippen LogP contribution >= 0.6 is 77.6 Å². The topological polar surface area (TPSA) is 168 Å². The van der Waals surface area contributed by atoms with Gasteiger partial charge in [0.2, 0.25) is 0 Å². The molecule has 0 aromatic heterocycles. The number of anilines is 12. The van der Waals surface area contributed by atoms with E-state index in [1.807, 2.05) is 113 Å². The van der Waals surface area contributed by atoms with Crippen molar-refractivity contribution in [1.82, 2.24) is 0 Å². The van der Waals surface area contributed by atoms with Crippen molar-refractivity contribution in [3.8, 4) is 0 Å². The van der Waals surface area contributed by atoms with Gasteiger partial charge < -0.3 is 78.2 Å². The first-order chi connectivity index (χ1) is 36.7. The van der Waals surface area contributed by atoms with Crippen molar-refractivity contribution in [1.29, 1.82) is 0 Å². The number of hydrazine groups is 3. The number of isothiocyanates is 2. The molecule has 0 saturated heterocycles. The standard InChI is InChI=1S/3C14H12N4.3C3H8.2CNS.2CH4.4BrH.H2O.3Pt/c3*1-3-7-13-11(5-1)15-9-17(13)18-10-16-12-6-2-4-8-14(12)18;3*1-3-2;2*2-1-3;;;;;;;;;;/h3*1-10,15-16H;3*3H2,1-2H3;;;2*1H4;4*1H;1H2;;;/q3*-2;;;;2*-1;;;;;;;;3*+4/p-4. The maximum Gasteiger partial charge on any atom is 4.00 e. The maximum absolute atomic E-state index is 7.13. The monoisotopic (exact) mass is 1910 g/mol. The minimum absolute atomic E-state index is 0. The van der Waals surface area contributed by atoms with Gasteiger partial charge in [-0.3, -0.25) is 0 Å². The Labute approximate surface area is 539 Å². The van der Waals surface area contributed by atoms with Gasteiger partial charge in [0.1, 0.15) is 0 Å². The van der Waals surface area contributed by atoms with E-state index >= 15 is 0 Å². The van der Waals surface area contributed by atoms with E-state index < -0.39 is 0 Å². The zero-order chi connectivity index (χ0) is 54.8. The third kappa shape index (κ3) is 23.7. The number of rotatable bonds is 3. The van der Waals surface area contributed by atoms with Crippen molar-refractivity contribution < 1.29 is 55.4 Å². The third-order valence-electron chi connectivity index (χ3n) is 9.66. The first-order valence-corrected chi connectivity index (χ1v) is 43.9. The van der Waals surface area contributed by atoms with Gasteiger partial charge >= 0.3 is 103 Å². The number of para-hydroxylation sites is 12. The molecule has 6 aromatic rings. The van der Waals surface area contributed by atoms with Crippen LogP contribution in [0.1, 0.15) is 75.7 Å². The molecule has 0 unspecified atom stereocenters.